The molecule has 154 valence electrons. The zero-order chi connectivity index (χ0) is 20.4. The molecule has 1 saturated heterocycles. The summed E-state index contributed by atoms with van der Waals surface area (Å²) in [5, 5.41) is 2.01. The van der Waals surface area contributed by atoms with E-state index in [4.69, 9.17) is 4.74 Å². The third-order valence-corrected chi connectivity index (χ3v) is 7.03. The number of amides is 2. The Morgan fingerprint density at radius 3 is 2.62 bits per heavy atom. The van der Waals surface area contributed by atoms with Crippen molar-refractivity contribution in [2.75, 3.05) is 27.2 Å². The number of nitrogens with zero attached hydrogens (tertiary/aromatic N) is 2. The number of hydrogen-bond acceptors (Lipinski definition) is 4. The molecule has 0 N–H and O–H groups in total. The van der Waals surface area contributed by atoms with Gasteiger partial charge in [-0.3, -0.25) is 9.59 Å². The lowest BCUT2D eigenvalue weighted by Crippen LogP contribution is -2.52. The van der Waals surface area contributed by atoms with Crippen LogP contribution in [0, 0.1) is 0 Å². The number of hydrogen-bond donors (Lipinski definition) is 0. The molecule has 0 saturated carbocycles. The van der Waals surface area contributed by atoms with Crippen molar-refractivity contribution in [3.8, 4) is 5.75 Å². The Kier molecular flexibility index (Phi) is 5.63. The number of piperidine rings is 1. The van der Waals surface area contributed by atoms with Crippen LogP contribution in [0.25, 0.3) is 0 Å². The maximum absolute atomic E-state index is 12.7. The topological polar surface area (TPSA) is 49.9 Å². The van der Waals surface area contributed by atoms with Crippen molar-refractivity contribution in [1.82, 2.24) is 9.80 Å². The average Bonchev–Trinajstić information content (AvgIpc) is 3.21. The van der Waals surface area contributed by atoms with Gasteiger partial charge in [-0.15, -0.1) is 11.3 Å². The van der Waals surface area contributed by atoms with E-state index in [1.54, 1.807) is 30.3 Å². The van der Waals surface area contributed by atoms with Crippen LogP contribution in [0.5, 0.6) is 5.75 Å². The van der Waals surface area contributed by atoms with E-state index in [0.717, 1.165) is 35.5 Å². The quantitative estimate of drug-likeness (QED) is 0.769. The van der Waals surface area contributed by atoms with Crippen LogP contribution < -0.4 is 4.74 Å². The molecule has 29 heavy (non-hydrogen) atoms. The van der Waals surface area contributed by atoms with Crippen molar-refractivity contribution >= 4 is 23.2 Å². The fourth-order valence-electron chi connectivity index (χ4n) is 4.46. The third-order valence-electron chi connectivity index (χ3n) is 6.16. The predicted octanol–water partition coefficient (Wildman–Crippen LogP) is 3.70. The molecule has 6 heteroatoms. The number of rotatable bonds is 4. The van der Waals surface area contributed by atoms with E-state index in [9.17, 15) is 9.59 Å². The van der Waals surface area contributed by atoms with Gasteiger partial charge in [-0.05, 0) is 29.5 Å². The Morgan fingerprint density at radius 1 is 1.17 bits per heavy atom. The number of benzene rings is 1. The van der Waals surface area contributed by atoms with Gasteiger partial charge >= 0.3 is 0 Å². The number of thiophene rings is 1. The molecule has 1 aromatic carbocycles. The SMILES string of the molecule is CN(C)C(=O)C[C@H]1CC2(CCN(C(=O)Cc3cccs3)CC2)Oc2ccccc21. The second-order valence-corrected chi connectivity index (χ2v) is 9.39. The summed E-state index contributed by atoms with van der Waals surface area (Å²) < 4.78 is 6.51. The first-order valence-electron chi connectivity index (χ1n) is 10.2. The van der Waals surface area contributed by atoms with Gasteiger partial charge in [0.15, 0.2) is 0 Å². The first-order valence-corrected chi connectivity index (χ1v) is 11.1. The van der Waals surface area contributed by atoms with Crippen molar-refractivity contribution < 1.29 is 14.3 Å². The van der Waals surface area contributed by atoms with Crippen molar-refractivity contribution in [3.63, 3.8) is 0 Å². The molecule has 1 atom stereocenters. The Morgan fingerprint density at radius 2 is 1.93 bits per heavy atom. The van der Waals surface area contributed by atoms with Crippen LogP contribution in [0.3, 0.4) is 0 Å². The van der Waals surface area contributed by atoms with Gasteiger partial charge in [0.25, 0.3) is 0 Å². The maximum atomic E-state index is 12.7. The van der Waals surface area contributed by atoms with Crippen LogP contribution in [-0.2, 0) is 16.0 Å². The normalized spacial score (nSPS) is 20.1. The molecule has 2 aliphatic heterocycles. The van der Waals surface area contributed by atoms with E-state index < -0.39 is 0 Å². The van der Waals surface area contributed by atoms with Crippen molar-refractivity contribution in [2.45, 2.75) is 43.6 Å². The van der Waals surface area contributed by atoms with Gasteiger partial charge in [0.1, 0.15) is 11.4 Å². The number of ether oxygens (including phenoxy) is 1. The van der Waals surface area contributed by atoms with Crippen molar-refractivity contribution in [2.24, 2.45) is 0 Å². The summed E-state index contributed by atoms with van der Waals surface area (Å²) in [6.07, 6.45) is 3.43. The second kappa shape index (κ2) is 8.19. The zero-order valence-corrected chi connectivity index (χ0v) is 17.9. The van der Waals surface area contributed by atoms with Crippen LogP contribution in [-0.4, -0.2) is 54.4 Å². The molecule has 0 unspecified atom stereocenters. The summed E-state index contributed by atoms with van der Waals surface area (Å²) >= 11 is 1.63. The molecule has 2 amide bonds. The van der Waals surface area contributed by atoms with Crippen LogP contribution in [0.2, 0.25) is 0 Å². The fraction of sp³-hybridized carbons (Fsp3) is 0.478. The minimum atomic E-state index is -0.286. The highest BCUT2D eigenvalue weighted by Crippen LogP contribution is 2.46. The van der Waals surface area contributed by atoms with Gasteiger partial charge < -0.3 is 14.5 Å². The molecule has 1 aromatic heterocycles. The Labute approximate surface area is 176 Å². The number of carbonyl (C=O) groups excluding carboxylic acids is 2. The molecule has 3 heterocycles. The fourth-order valence-corrected chi connectivity index (χ4v) is 5.16. The number of fused-ring (bicyclic) bond motifs is 1. The highest BCUT2D eigenvalue weighted by molar-refractivity contribution is 7.10. The van der Waals surface area contributed by atoms with Gasteiger partial charge in [0.2, 0.25) is 11.8 Å². The van der Waals surface area contributed by atoms with E-state index in [0.29, 0.717) is 25.9 Å². The second-order valence-electron chi connectivity index (χ2n) is 8.35. The monoisotopic (exact) mass is 412 g/mol. The summed E-state index contributed by atoms with van der Waals surface area (Å²) in [6, 6.07) is 12.1. The molecule has 4 rings (SSSR count). The standard InChI is InChI=1S/C23H28N2O3S/c1-24(2)21(26)14-17-16-23(28-20-8-4-3-7-19(17)20)9-11-25(12-10-23)22(27)15-18-6-5-13-29-18/h3-8,13,17H,9-12,14-16H2,1-2H3/t17-/m0/s1. The van der Waals surface area contributed by atoms with Gasteiger partial charge in [-0.25, -0.2) is 0 Å². The predicted molar refractivity (Wildman–Crippen MR) is 114 cm³/mol. The smallest absolute Gasteiger partial charge is 0.227 e. The molecule has 1 spiro atoms. The maximum Gasteiger partial charge on any atom is 0.227 e. The van der Waals surface area contributed by atoms with E-state index in [2.05, 4.69) is 6.07 Å². The minimum absolute atomic E-state index is 0.144. The lowest BCUT2D eigenvalue weighted by molar-refractivity contribution is -0.134. The third kappa shape index (κ3) is 4.32. The summed E-state index contributed by atoms with van der Waals surface area (Å²) in [5.74, 6) is 1.39. The Bertz CT molecular complexity index is 870. The Hall–Kier alpha value is -2.34. The molecule has 1 fully saturated rings. The molecular weight excluding hydrogens is 384 g/mol. The van der Waals surface area contributed by atoms with Gasteiger partial charge in [0, 0.05) is 57.2 Å². The van der Waals surface area contributed by atoms with Crippen LogP contribution >= 0.6 is 11.3 Å². The minimum Gasteiger partial charge on any atom is -0.487 e. The number of likely N-dealkylation sites (tertiary alicyclic amines) is 1. The first-order chi connectivity index (χ1) is 14.0. The summed E-state index contributed by atoms with van der Waals surface area (Å²) in [7, 11) is 3.61. The van der Waals surface area contributed by atoms with Gasteiger partial charge in [0.05, 0.1) is 6.42 Å². The average molecular weight is 413 g/mol. The highest BCUT2D eigenvalue weighted by Gasteiger charge is 2.44. The lowest BCUT2D eigenvalue weighted by atomic mass is 9.76. The summed E-state index contributed by atoms with van der Waals surface area (Å²) in [5.41, 5.74) is 0.843. The molecular formula is C23H28N2O3S. The van der Waals surface area contributed by atoms with Crippen LogP contribution in [0.4, 0.5) is 0 Å². The summed E-state index contributed by atoms with van der Waals surface area (Å²) in [6.45, 7) is 1.42. The number of carbonyl (C=O) groups is 2. The van der Waals surface area contributed by atoms with E-state index in [1.807, 2.05) is 40.6 Å². The molecule has 2 aromatic rings. The lowest BCUT2D eigenvalue weighted by Gasteiger charge is -2.47. The highest BCUT2D eigenvalue weighted by atomic mass is 32.1. The van der Waals surface area contributed by atoms with Crippen LogP contribution in [0.15, 0.2) is 41.8 Å². The molecule has 0 aliphatic carbocycles. The van der Waals surface area contributed by atoms with Crippen molar-refractivity contribution in [1.29, 1.82) is 0 Å². The molecule has 0 radical (unpaired) electrons. The van der Waals surface area contributed by atoms with E-state index >= 15 is 0 Å². The van der Waals surface area contributed by atoms with Gasteiger partial charge in [-0.2, -0.15) is 0 Å². The number of para-hydroxylation sites is 1. The van der Waals surface area contributed by atoms with Crippen molar-refractivity contribution in [3.05, 3.63) is 52.2 Å². The van der Waals surface area contributed by atoms with Crippen LogP contribution in [0.1, 0.15) is 42.0 Å². The Balaban J connectivity index is 1.46. The van der Waals surface area contributed by atoms with E-state index in [-0.39, 0.29) is 23.3 Å². The van der Waals surface area contributed by atoms with E-state index in [1.165, 1.54) is 0 Å². The first kappa shape index (κ1) is 20.0. The molecule has 2 aliphatic rings. The van der Waals surface area contributed by atoms with Gasteiger partial charge in [-0.1, -0.05) is 24.3 Å². The largest absolute Gasteiger partial charge is 0.487 e. The molecule has 0 bridgehead atoms. The summed E-state index contributed by atoms with van der Waals surface area (Å²) in [4.78, 5) is 29.8. The molecule has 5 nitrogen and oxygen atoms in total. The zero-order valence-electron chi connectivity index (χ0n) is 17.1.